The van der Waals surface area contributed by atoms with Gasteiger partial charge in [-0.3, -0.25) is 4.79 Å². The van der Waals surface area contributed by atoms with Crippen LogP contribution < -0.4 is 14.8 Å². The largest absolute Gasteiger partial charge is 0.488 e. The predicted molar refractivity (Wildman–Crippen MR) is 125 cm³/mol. The van der Waals surface area contributed by atoms with Crippen LogP contribution in [0.4, 0.5) is 0 Å². The van der Waals surface area contributed by atoms with Gasteiger partial charge in [-0.25, -0.2) is 0 Å². The zero-order valence-electron chi connectivity index (χ0n) is 20.3. The average molecular weight is 430 g/mol. The number of furan rings is 1. The summed E-state index contributed by atoms with van der Waals surface area (Å²) in [6, 6.07) is 7.86. The highest BCUT2D eigenvalue weighted by atomic mass is 16.5. The Morgan fingerprint density at radius 3 is 2.29 bits per heavy atom. The fourth-order valence-corrected chi connectivity index (χ4v) is 3.02. The number of carbonyl (C=O) groups excluding carboxylic acids is 1. The van der Waals surface area contributed by atoms with Gasteiger partial charge in [-0.2, -0.15) is 0 Å². The second kappa shape index (κ2) is 10.7. The van der Waals surface area contributed by atoms with Crippen molar-refractivity contribution in [1.82, 2.24) is 5.32 Å². The highest BCUT2D eigenvalue weighted by Crippen LogP contribution is 2.32. The second-order valence-corrected chi connectivity index (χ2v) is 9.30. The van der Waals surface area contributed by atoms with Crippen LogP contribution in [0.25, 0.3) is 0 Å². The van der Waals surface area contributed by atoms with Gasteiger partial charge in [0.2, 0.25) is 0 Å². The van der Waals surface area contributed by atoms with E-state index < -0.39 is 0 Å². The molecule has 172 valence electrons. The molecule has 0 aliphatic rings. The lowest BCUT2D eigenvalue weighted by atomic mass is 10.0. The third kappa shape index (κ3) is 7.64. The van der Waals surface area contributed by atoms with E-state index in [1.807, 2.05) is 12.1 Å². The van der Waals surface area contributed by atoms with Crippen molar-refractivity contribution in [1.29, 1.82) is 0 Å². The van der Waals surface area contributed by atoms with Crippen molar-refractivity contribution >= 4 is 5.91 Å². The van der Waals surface area contributed by atoms with Crippen molar-refractivity contribution < 1.29 is 18.7 Å². The molecule has 31 heavy (non-hydrogen) atoms. The number of carbonyl (C=O) groups is 1. The SMILES string of the molecule is CCC(C)(C)Oc1ccc(CCCCNC(=O)c2ccoc2C)c(OC(C)(C)CC)c1. The Bertz CT molecular complexity index is 851. The molecule has 1 heterocycles. The molecule has 0 spiro atoms. The average Bonchev–Trinajstić information content (AvgIpc) is 3.14. The van der Waals surface area contributed by atoms with Crippen molar-refractivity contribution in [3.05, 3.63) is 47.4 Å². The molecule has 0 fully saturated rings. The zero-order valence-corrected chi connectivity index (χ0v) is 20.3. The first-order chi connectivity index (χ1) is 14.6. The molecule has 0 saturated carbocycles. The summed E-state index contributed by atoms with van der Waals surface area (Å²) in [6.45, 7) is 15.1. The zero-order chi connectivity index (χ0) is 23.1. The Balaban J connectivity index is 1.98. The molecule has 5 heteroatoms. The fraction of sp³-hybridized carbons (Fsp3) is 0.577. The van der Waals surface area contributed by atoms with Gasteiger partial charge in [-0.15, -0.1) is 0 Å². The number of hydrogen-bond donors (Lipinski definition) is 1. The van der Waals surface area contributed by atoms with Gasteiger partial charge in [0.05, 0.1) is 11.8 Å². The third-order valence-electron chi connectivity index (χ3n) is 5.78. The minimum Gasteiger partial charge on any atom is -0.488 e. The first-order valence-electron chi connectivity index (χ1n) is 11.4. The minimum atomic E-state index is -0.246. The summed E-state index contributed by atoms with van der Waals surface area (Å²) in [5.41, 5.74) is 1.30. The predicted octanol–water partition coefficient (Wildman–Crippen LogP) is 6.48. The van der Waals surface area contributed by atoms with E-state index >= 15 is 0 Å². The summed E-state index contributed by atoms with van der Waals surface area (Å²) in [5.74, 6) is 2.28. The second-order valence-electron chi connectivity index (χ2n) is 9.30. The summed E-state index contributed by atoms with van der Waals surface area (Å²) < 4.78 is 17.7. The summed E-state index contributed by atoms with van der Waals surface area (Å²) in [4.78, 5) is 12.2. The first-order valence-corrected chi connectivity index (χ1v) is 11.4. The lowest BCUT2D eigenvalue weighted by molar-refractivity contribution is 0.0941. The van der Waals surface area contributed by atoms with Gasteiger partial charge in [0, 0.05) is 12.6 Å². The van der Waals surface area contributed by atoms with Gasteiger partial charge in [0.15, 0.2) is 0 Å². The number of hydrogen-bond acceptors (Lipinski definition) is 4. The maximum atomic E-state index is 12.2. The summed E-state index contributed by atoms with van der Waals surface area (Å²) in [6.07, 6.45) is 6.10. The molecule has 1 aromatic heterocycles. The van der Waals surface area contributed by atoms with Gasteiger partial charge >= 0.3 is 0 Å². The van der Waals surface area contributed by atoms with Crippen LogP contribution in [0.1, 0.15) is 88.9 Å². The van der Waals surface area contributed by atoms with Crippen molar-refractivity contribution in [3.8, 4) is 11.5 Å². The van der Waals surface area contributed by atoms with Crippen molar-refractivity contribution in [3.63, 3.8) is 0 Å². The standard InChI is InChI=1S/C26H39NO4/c1-8-25(4,5)30-21-14-13-20(23(18-21)31-26(6,7)9-2)12-10-11-16-27-24(28)22-15-17-29-19(22)3/h13-15,17-18H,8-12,16H2,1-7H3,(H,27,28). The van der Waals surface area contributed by atoms with Gasteiger partial charge < -0.3 is 19.2 Å². The Hall–Kier alpha value is -2.43. The molecule has 0 unspecified atom stereocenters. The van der Waals surface area contributed by atoms with E-state index in [0.717, 1.165) is 43.6 Å². The van der Waals surface area contributed by atoms with Crippen LogP contribution in [-0.4, -0.2) is 23.7 Å². The quantitative estimate of drug-likeness (QED) is 0.393. The lowest BCUT2D eigenvalue weighted by Gasteiger charge is -2.29. The molecule has 2 aromatic rings. The van der Waals surface area contributed by atoms with Crippen LogP contribution in [-0.2, 0) is 6.42 Å². The van der Waals surface area contributed by atoms with E-state index in [1.165, 1.54) is 5.56 Å². The molecule has 2 rings (SSSR count). The van der Waals surface area contributed by atoms with E-state index in [4.69, 9.17) is 13.9 Å². The van der Waals surface area contributed by atoms with Crippen LogP contribution in [0.15, 0.2) is 34.9 Å². The van der Waals surface area contributed by atoms with Crippen molar-refractivity contribution in [2.24, 2.45) is 0 Å². The fourth-order valence-electron chi connectivity index (χ4n) is 3.02. The number of benzene rings is 1. The van der Waals surface area contributed by atoms with Gasteiger partial charge in [-0.05, 0) is 84.4 Å². The number of ether oxygens (including phenoxy) is 2. The Morgan fingerprint density at radius 1 is 1.00 bits per heavy atom. The topological polar surface area (TPSA) is 60.7 Å². The highest BCUT2D eigenvalue weighted by Gasteiger charge is 2.21. The van der Waals surface area contributed by atoms with Crippen LogP contribution in [0.2, 0.25) is 0 Å². The van der Waals surface area contributed by atoms with Gasteiger partial charge in [0.25, 0.3) is 5.91 Å². The summed E-state index contributed by atoms with van der Waals surface area (Å²) in [5, 5.41) is 2.97. The van der Waals surface area contributed by atoms with E-state index in [2.05, 4.69) is 52.9 Å². The van der Waals surface area contributed by atoms with Crippen LogP contribution in [0.3, 0.4) is 0 Å². The van der Waals surface area contributed by atoms with Gasteiger partial charge in [-0.1, -0.05) is 19.9 Å². The van der Waals surface area contributed by atoms with E-state index in [9.17, 15) is 4.79 Å². The monoisotopic (exact) mass is 429 g/mol. The van der Waals surface area contributed by atoms with Gasteiger partial charge in [0.1, 0.15) is 28.5 Å². The highest BCUT2D eigenvalue weighted by molar-refractivity contribution is 5.94. The summed E-state index contributed by atoms with van der Waals surface area (Å²) >= 11 is 0. The molecule has 0 saturated heterocycles. The molecule has 1 N–H and O–H groups in total. The van der Waals surface area contributed by atoms with Crippen LogP contribution in [0, 0.1) is 6.92 Å². The Labute approximate surface area is 187 Å². The maximum Gasteiger partial charge on any atom is 0.254 e. The number of nitrogens with one attached hydrogen (secondary N) is 1. The number of amides is 1. The first kappa shape index (κ1) is 24.8. The molecule has 1 aromatic carbocycles. The van der Waals surface area contributed by atoms with E-state index in [0.29, 0.717) is 17.9 Å². The molecule has 5 nitrogen and oxygen atoms in total. The Morgan fingerprint density at radius 2 is 1.68 bits per heavy atom. The van der Waals surface area contributed by atoms with Crippen molar-refractivity contribution in [2.75, 3.05) is 6.54 Å². The van der Waals surface area contributed by atoms with E-state index in [-0.39, 0.29) is 17.1 Å². The summed E-state index contributed by atoms with van der Waals surface area (Å²) in [7, 11) is 0. The number of aryl methyl sites for hydroxylation is 2. The molecule has 0 bridgehead atoms. The van der Waals surface area contributed by atoms with Crippen molar-refractivity contribution in [2.45, 2.75) is 91.8 Å². The molecular formula is C26H39NO4. The molecule has 0 radical (unpaired) electrons. The molecule has 0 atom stereocenters. The smallest absolute Gasteiger partial charge is 0.254 e. The lowest BCUT2D eigenvalue weighted by Crippen LogP contribution is -2.28. The van der Waals surface area contributed by atoms with Crippen LogP contribution >= 0.6 is 0 Å². The number of rotatable bonds is 12. The third-order valence-corrected chi connectivity index (χ3v) is 5.78. The molecule has 0 aliphatic carbocycles. The molecule has 0 aliphatic heterocycles. The maximum absolute atomic E-state index is 12.2. The Kier molecular flexibility index (Phi) is 8.60. The van der Waals surface area contributed by atoms with E-state index in [1.54, 1.807) is 19.3 Å². The number of unbranched alkanes of at least 4 members (excludes halogenated alkanes) is 1. The normalized spacial score (nSPS) is 12.0. The minimum absolute atomic E-state index is 0.0833. The molecular weight excluding hydrogens is 390 g/mol. The van der Waals surface area contributed by atoms with Crippen LogP contribution in [0.5, 0.6) is 11.5 Å². The molecule has 1 amide bonds.